The maximum Gasteiger partial charge on any atom is 0.260 e. The Morgan fingerprint density at radius 3 is 2.41 bits per heavy atom. The van der Waals surface area contributed by atoms with Gasteiger partial charge in [0.2, 0.25) is 10.0 Å². The number of hydrogen-bond donors (Lipinski definition) is 1. The van der Waals surface area contributed by atoms with Gasteiger partial charge in [-0.25, -0.2) is 35.9 Å². The highest BCUT2D eigenvalue weighted by Crippen LogP contribution is 2.31. The number of sulfonamides is 1. The fraction of sp³-hybridized carbons (Fsp3) is 0.208. The summed E-state index contributed by atoms with van der Waals surface area (Å²) >= 11 is 1.14. The molecule has 1 unspecified atom stereocenters. The van der Waals surface area contributed by atoms with Crippen LogP contribution in [0.1, 0.15) is 18.5 Å². The molecule has 7 nitrogen and oxygen atoms in total. The Morgan fingerprint density at radius 1 is 1.05 bits per heavy atom. The summed E-state index contributed by atoms with van der Waals surface area (Å²) in [7, 11) is -4.10. The second kappa shape index (κ2) is 10.5. The van der Waals surface area contributed by atoms with Crippen molar-refractivity contribution in [1.82, 2.24) is 14.5 Å². The van der Waals surface area contributed by atoms with Gasteiger partial charge in [-0.3, -0.25) is 14.1 Å². The lowest BCUT2D eigenvalue weighted by atomic mass is 10.0. The molecule has 4 rings (SSSR count). The molecule has 2 aromatic heterocycles. The number of nitrogens with one attached hydrogen (secondary N) is 1. The van der Waals surface area contributed by atoms with Crippen LogP contribution in [-0.4, -0.2) is 35.6 Å². The molecule has 0 aliphatic carbocycles. The lowest BCUT2D eigenvalue weighted by Crippen LogP contribution is -2.29. The highest BCUT2D eigenvalue weighted by atomic mass is 32.2. The van der Waals surface area contributed by atoms with Crippen LogP contribution in [-0.2, 0) is 15.8 Å². The molecular weight excluding hydrogens is 532 g/mol. The number of aromatic nitrogens is 3. The fourth-order valence-corrected chi connectivity index (χ4v) is 5.25. The number of thioether (sulfide) groups is 1. The van der Waals surface area contributed by atoms with Crippen LogP contribution in [0.3, 0.4) is 0 Å². The molecule has 2 heterocycles. The van der Waals surface area contributed by atoms with E-state index in [1.165, 1.54) is 12.3 Å². The number of hydrogen-bond acceptors (Lipinski definition) is 6. The highest BCUT2D eigenvalue weighted by Gasteiger charge is 2.26. The van der Waals surface area contributed by atoms with Crippen LogP contribution in [0.15, 0.2) is 64.7 Å². The third kappa shape index (κ3) is 5.47. The minimum Gasteiger partial charge on any atom is -0.283 e. The van der Waals surface area contributed by atoms with Crippen molar-refractivity contribution in [1.29, 1.82) is 0 Å². The second-order valence-corrected chi connectivity index (χ2v) is 10.6. The number of nitrogens with zero attached hydrogens (tertiary/aromatic N) is 3. The summed E-state index contributed by atoms with van der Waals surface area (Å²) in [6.07, 6.45) is 0.0147. The van der Waals surface area contributed by atoms with Gasteiger partial charge in [0.1, 0.15) is 5.65 Å². The zero-order valence-corrected chi connectivity index (χ0v) is 21.1. The molecule has 2 aromatic carbocycles. The van der Waals surface area contributed by atoms with Gasteiger partial charge in [0.25, 0.3) is 12.0 Å². The number of halogens is 4. The lowest BCUT2D eigenvalue weighted by Gasteiger charge is -2.19. The third-order valence-electron chi connectivity index (χ3n) is 5.54. The average molecular weight is 553 g/mol. The smallest absolute Gasteiger partial charge is 0.260 e. The number of alkyl halides is 2. The van der Waals surface area contributed by atoms with Crippen LogP contribution >= 0.6 is 11.8 Å². The van der Waals surface area contributed by atoms with E-state index in [-0.39, 0.29) is 16.2 Å². The molecule has 13 heteroatoms. The molecule has 1 N–H and O–H groups in total. The standard InChI is InChI=1S/C24H20F4N4O3S2/c1-13(21(27)28)32-22-15(11-29-24(30-22)36-2)10-17(23(32)33)16-8-9-18(20(26)19(16)25)31-37(34,35)12-14-6-4-3-5-7-14/h3-11,13,21,31H,12H2,1-2H3. The van der Waals surface area contributed by atoms with Crippen LogP contribution in [0.4, 0.5) is 23.2 Å². The maximum atomic E-state index is 15.2. The Bertz CT molecular complexity index is 1630. The minimum absolute atomic E-state index is 0.0768. The Kier molecular flexibility index (Phi) is 7.55. The van der Waals surface area contributed by atoms with Crippen LogP contribution in [0.5, 0.6) is 0 Å². The van der Waals surface area contributed by atoms with Crippen molar-refractivity contribution in [3.05, 3.63) is 82.3 Å². The second-order valence-electron chi connectivity index (χ2n) is 8.08. The molecule has 37 heavy (non-hydrogen) atoms. The molecule has 0 radical (unpaired) electrons. The molecule has 0 fully saturated rings. The van der Waals surface area contributed by atoms with Crippen LogP contribution in [0.2, 0.25) is 0 Å². The number of fused-ring (bicyclic) bond motifs is 1. The Balaban J connectivity index is 1.81. The average Bonchev–Trinajstić information content (AvgIpc) is 2.86. The minimum atomic E-state index is -4.10. The summed E-state index contributed by atoms with van der Waals surface area (Å²) in [5.74, 6) is -3.54. The van der Waals surface area contributed by atoms with E-state index in [9.17, 15) is 26.4 Å². The first kappa shape index (κ1) is 26.6. The molecule has 0 saturated heterocycles. The first-order valence-corrected chi connectivity index (χ1v) is 13.7. The van der Waals surface area contributed by atoms with E-state index in [0.29, 0.717) is 5.56 Å². The molecule has 0 aliphatic heterocycles. The zero-order valence-electron chi connectivity index (χ0n) is 19.5. The number of anilines is 1. The van der Waals surface area contributed by atoms with Gasteiger partial charge < -0.3 is 0 Å². The molecule has 0 bridgehead atoms. The molecule has 4 aromatic rings. The van der Waals surface area contributed by atoms with Gasteiger partial charge in [-0.05, 0) is 36.9 Å². The predicted molar refractivity (Wildman–Crippen MR) is 134 cm³/mol. The van der Waals surface area contributed by atoms with Crippen LogP contribution in [0.25, 0.3) is 22.2 Å². The van der Waals surface area contributed by atoms with Crippen molar-refractivity contribution in [2.24, 2.45) is 0 Å². The number of pyridine rings is 1. The molecule has 0 spiro atoms. The SMILES string of the molecule is CSc1ncc2cc(-c3ccc(NS(=O)(=O)Cc4ccccc4)c(F)c3F)c(=O)n(C(C)C(F)F)c2n1. The quantitative estimate of drug-likeness (QED) is 0.183. The van der Waals surface area contributed by atoms with Gasteiger partial charge >= 0.3 is 0 Å². The largest absolute Gasteiger partial charge is 0.283 e. The van der Waals surface area contributed by atoms with Crippen molar-refractivity contribution in [2.45, 2.75) is 30.3 Å². The van der Waals surface area contributed by atoms with Gasteiger partial charge in [0.05, 0.1) is 23.0 Å². The van der Waals surface area contributed by atoms with E-state index in [2.05, 4.69) is 9.97 Å². The third-order valence-corrected chi connectivity index (χ3v) is 7.35. The number of rotatable bonds is 8. The molecule has 0 aliphatic rings. The highest BCUT2D eigenvalue weighted by molar-refractivity contribution is 7.98. The van der Waals surface area contributed by atoms with Crippen LogP contribution < -0.4 is 10.3 Å². The van der Waals surface area contributed by atoms with Gasteiger partial charge in [0, 0.05) is 17.1 Å². The van der Waals surface area contributed by atoms with Gasteiger partial charge in [-0.1, -0.05) is 42.1 Å². The van der Waals surface area contributed by atoms with E-state index >= 15 is 4.39 Å². The van der Waals surface area contributed by atoms with E-state index in [0.717, 1.165) is 35.4 Å². The lowest BCUT2D eigenvalue weighted by molar-refractivity contribution is 0.0916. The van der Waals surface area contributed by atoms with Crippen LogP contribution in [0, 0.1) is 11.6 Å². The summed E-state index contributed by atoms with van der Waals surface area (Å²) in [6, 6.07) is 9.64. The van der Waals surface area contributed by atoms with Gasteiger partial charge in [0.15, 0.2) is 16.8 Å². The van der Waals surface area contributed by atoms with E-state index in [1.54, 1.807) is 36.6 Å². The Morgan fingerprint density at radius 2 is 1.76 bits per heavy atom. The van der Waals surface area contributed by atoms with Gasteiger partial charge in [-0.15, -0.1) is 0 Å². The molecule has 1 atom stereocenters. The number of benzene rings is 2. The van der Waals surface area contributed by atoms with E-state index < -0.39 is 62.3 Å². The van der Waals surface area contributed by atoms with Crippen molar-refractivity contribution >= 4 is 38.5 Å². The summed E-state index contributed by atoms with van der Waals surface area (Å²) < 4.78 is 85.2. The molecule has 0 amide bonds. The summed E-state index contributed by atoms with van der Waals surface area (Å²) in [5.41, 5.74) is -2.25. The van der Waals surface area contributed by atoms with E-state index in [1.807, 2.05) is 4.72 Å². The van der Waals surface area contributed by atoms with Crippen molar-refractivity contribution in [3.8, 4) is 11.1 Å². The summed E-state index contributed by atoms with van der Waals surface area (Å²) in [6.45, 7) is 1.11. The fourth-order valence-electron chi connectivity index (χ4n) is 3.72. The first-order valence-electron chi connectivity index (χ1n) is 10.8. The van der Waals surface area contributed by atoms with Crippen molar-refractivity contribution in [3.63, 3.8) is 0 Å². The van der Waals surface area contributed by atoms with Gasteiger partial charge in [-0.2, -0.15) is 0 Å². The summed E-state index contributed by atoms with van der Waals surface area (Å²) in [5, 5.41) is 0.395. The first-order chi connectivity index (χ1) is 17.5. The summed E-state index contributed by atoms with van der Waals surface area (Å²) in [4.78, 5) is 21.5. The normalized spacial score (nSPS) is 12.7. The van der Waals surface area contributed by atoms with E-state index in [4.69, 9.17) is 0 Å². The zero-order chi connectivity index (χ0) is 26.9. The topological polar surface area (TPSA) is 94.0 Å². The Labute approximate surface area is 213 Å². The Hall–Kier alpha value is -3.45. The molecule has 0 saturated carbocycles. The maximum absolute atomic E-state index is 15.2. The van der Waals surface area contributed by atoms with Crippen molar-refractivity contribution in [2.75, 3.05) is 11.0 Å². The molecule has 194 valence electrons. The monoisotopic (exact) mass is 552 g/mol. The molecular formula is C24H20F4N4O3S2. The van der Waals surface area contributed by atoms with Crippen molar-refractivity contribution < 1.29 is 26.0 Å². The predicted octanol–water partition coefficient (Wildman–Crippen LogP) is 5.23.